The zero-order valence-corrected chi connectivity index (χ0v) is 24.0. The Balaban J connectivity index is 1.53. The fourth-order valence-corrected chi connectivity index (χ4v) is 5.72. The number of halogens is 1. The second kappa shape index (κ2) is 12.1. The molecule has 0 N–H and O–H groups in total. The average Bonchev–Trinajstić information content (AvgIpc) is 2.98. The number of para-hydroxylation sites is 1. The monoisotopic (exact) mass is 573 g/mol. The van der Waals surface area contributed by atoms with Crippen LogP contribution in [0.4, 0.5) is 16.2 Å². The van der Waals surface area contributed by atoms with Crippen molar-refractivity contribution in [2.45, 2.75) is 52.1 Å². The molecule has 5 rings (SSSR count). The highest BCUT2D eigenvalue weighted by atomic mass is 35.5. The fourth-order valence-electron chi connectivity index (χ4n) is 5.60. The molecule has 2 heterocycles. The van der Waals surface area contributed by atoms with Crippen LogP contribution in [0.5, 0.6) is 0 Å². The summed E-state index contributed by atoms with van der Waals surface area (Å²) in [5.74, 6) is 0.159. The summed E-state index contributed by atoms with van der Waals surface area (Å²) in [6.07, 6.45) is 9.58. The van der Waals surface area contributed by atoms with Gasteiger partial charge in [-0.1, -0.05) is 42.0 Å². The van der Waals surface area contributed by atoms with Crippen LogP contribution in [0.2, 0.25) is 5.02 Å². The van der Waals surface area contributed by atoms with Gasteiger partial charge in [-0.2, -0.15) is 0 Å². The van der Waals surface area contributed by atoms with Gasteiger partial charge in [-0.15, -0.1) is 0 Å². The second-order valence-electron chi connectivity index (χ2n) is 10.0. The quantitative estimate of drug-likeness (QED) is 0.384. The molecule has 212 valence electrons. The molecule has 9 heteroatoms. The summed E-state index contributed by atoms with van der Waals surface area (Å²) in [7, 11) is 0. The summed E-state index contributed by atoms with van der Waals surface area (Å²) in [5.41, 5.74) is 3.60. The molecule has 3 amide bonds. The third kappa shape index (κ3) is 5.65. The molecule has 41 heavy (non-hydrogen) atoms. The van der Waals surface area contributed by atoms with E-state index in [1.807, 2.05) is 55.5 Å². The summed E-state index contributed by atoms with van der Waals surface area (Å²) in [4.78, 5) is 44.5. The van der Waals surface area contributed by atoms with Crippen molar-refractivity contribution in [1.82, 2.24) is 4.90 Å². The van der Waals surface area contributed by atoms with Gasteiger partial charge in [0.15, 0.2) is 0 Å². The van der Waals surface area contributed by atoms with E-state index in [0.717, 1.165) is 28.9 Å². The topological polar surface area (TPSA) is 79.4 Å². The molecular formula is C32H32ClN3O5. The third-order valence-corrected chi connectivity index (χ3v) is 7.64. The predicted molar refractivity (Wildman–Crippen MR) is 158 cm³/mol. The molecule has 0 bridgehead atoms. The summed E-state index contributed by atoms with van der Waals surface area (Å²) < 4.78 is 10.9. The molecule has 2 aliphatic heterocycles. The molecule has 0 radical (unpaired) electrons. The van der Waals surface area contributed by atoms with Crippen LogP contribution in [0.3, 0.4) is 0 Å². The maximum absolute atomic E-state index is 14.3. The van der Waals surface area contributed by atoms with E-state index in [1.165, 1.54) is 17.4 Å². The van der Waals surface area contributed by atoms with Crippen molar-refractivity contribution < 1.29 is 23.9 Å². The zero-order chi connectivity index (χ0) is 29.1. The third-order valence-electron chi connectivity index (χ3n) is 7.38. The highest BCUT2D eigenvalue weighted by molar-refractivity contribution is 6.30. The number of amides is 3. The number of carbonyl (C=O) groups excluding carboxylic acids is 3. The molecule has 0 fully saturated rings. The molecule has 0 saturated carbocycles. The Kier molecular flexibility index (Phi) is 8.31. The normalized spacial score (nSPS) is 19.8. The first kappa shape index (κ1) is 28.2. The number of hydrogen-bond acceptors (Lipinski definition) is 5. The van der Waals surface area contributed by atoms with E-state index in [4.69, 9.17) is 21.1 Å². The molecule has 0 spiro atoms. The Morgan fingerprint density at radius 3 is 2.61 bits per heavy atom. The van der Waals surface area contributed by atoms with Crippen molar-refractivity contribution in [3.63, 3.8) is 0 Å². The van der Waals surface area contributed by atoms with E-state index in [0.29, 0.717) is 29.2 Å². The number of allylic oxidation sites excluding steroid dienone is 2. The Morgan fingerprint density at radius 1 is 1.12 bits per heavy atom. The average molecular weight is 574 g/mol. The molecule has 2 aromatic rings. The fraction of sp³-hybridized carbons (Fsp3) is 0.281. The van der Waals surface area contributed by atoms with Crippen molar-refractivity contribution in [2.24, 2.45) is 0 Å². The van der Waals surface area contributed by atoms with Gasteiger partial charge in [0.25, 0.3) is 5.91 Å². The van der Waals surface area contributed by atoms with Gasteiger partial charge in [0.2, 0.25) is 5.91 Å². The first-order chi connectivity index (χ1) is 19.8. The van der Waals surface area contributed by atoms with Crippen molar-refractivity contribution in [3.05, 3.63) is 107 Å². The second-order valence-corrected chi connectivity index (χ2v) is 10.5. The molecular weight excluding hydrogens is 542 g/mol. The van der Waals surface area contributed by atoms with Gasteiger partial charge in [0.1, 0.15) is 12.0 Å². The van der Waals surface area contributed by atoms with Crippen LogP contribution >= 0.6 is 11.6 Å². The largest absolute Gasteiger partial charge is 0.462 e. The van der Waals surface area contributed by atoms with Crippen LogP contribution in [0.1, 0.15) is 51.6 Å². The van der Waals surface area contributed by atoms with E-state index >= 15 is 0 Å². The van der Waals surface area contributed by atoms with Crippen molar-refractivity contribution in [1.29, 1.82) is 0 Å². The van der Waals surface area contributed by atoms with Gasteiger partial charge in [-0.3, -0.25) is 14.5 Å². The molecule has 3 aliphatic rings. The number of carbonyl (C=O) groups is 3. The molecule has 2 atom stereocenters. The summed E-state index contributed by atoms with van der Waals surface area (Å²) in [6, 6.07) is 14.4. The van der Waals surface area contributed by atoms with Gasteiger partial charge in [-0.25, -0.2) is 4.79 Å². The molecule has 1 aliphatic carbocycles. The molecule has 2 unspecified atom stereocenters. The lowest BCUT2D eigenvalue weighted by Crippen LogP contribution is -2.48. The van der Waals surface area contributed by atoms with Crippen molar-refractivity contribution in [2.75, 3.05) is 16.4 Å². The number of fused-ring (bicyclic) bond motifs is 1. The highest BCUT2D eigenvalue weighted by Crippen LogP contribution is 2.43. The van der Waals surface area contributed by atoms with Gasteiger partial charge in [0, 0.05) is 40.5 Å². The predicted octanol–water partition coefficient (Wildman–Crippen LogP) is 7.01. The van der Waals surface area contributed by atoms with Gasteiger partial charge in [-0.05, 0) is 69.0 Å². The summed E-state index contributed by atoms with van der Waals surface area (Å²) in [6.45, 7) is 5.53. The van der Waals surface area contributed by atoms with Crippen LogP contribution in [0.15, 0.2) is 96.3 Å². The van der Waals surface area contributed by atoms with E-state index in [-0.39, 0.29) is 30.5 Å². The van der Waals surface area contributed by atoms with E-state index in [1.54, 1.807) is 42.0 Å². The standard InChI is InChI=1S/C32H32ClN3O5/c1-4-40-32(39)34-17-18-41-30(20-34)25-9-5-6-10-26(25)31(38)35-21(2)19-29(27-11-7-8-12-28(27)35)36(22(3)37)24-15-13-23(33)14-16-24/h6-8,10-18,20-21,29H,4-5,9,19H2,1-3H3. The van der Waals surface area contributed by atoms with Gasteiger partial charge >= 0.3 is 6.09 Å². The lowest BCUT2D eigenvalue weighted by atomic mass is 9.88. The lowest BCUT2D eigenvalue weighted by Gasteiger charge is -2.43. The van der Waals surface area contributed by atoms with E-state index in [9.17, 15) is 14.4 Å². The summed E-state index contributed by atoms with van der Waals surface area (Å²) >= 11 is 6.12. The number of anilines is 2. The Labute approximate surface area is 244 Å². The van der Waals surface area contributed by atoms with Crippen LogP contribution in [-0.4, -0.2) is 35.5 Å². The first-order valence-corrected chi connectivity index (χ1v) is 14.1. The number of hydrogen-bond donors (Lipinski definition) is 0. The number of nitrogens with zero attached hydrogens (tertiary/aromatic N) is 3. The molecule has 0 aromatic heterocycles. The van der Waals surface area contributed by atoms with Crippen molar-refractivity contribution >= 4 is 40.9 Å². The maximum atomic E-state index is 14.3. The van der Waals surface area contributed by atoms with Gasteiger partial charge < -0.3 is 19.3 Å². The van der Waals surface area contributed by atoms with Crippen molar-refractivity contribution in [3.8, 4) is 0 Å². The minimum Gasteiger partial charge on any atom is -0.462 e. The van der Waals surface area contributed by atoms with E-state index < -0.39 is 6.09 Å². The molecule has 8 nitrogen and oxygen atoms in total. The summed E-state index contributed by atoms with van der Waals surface area (Å²) in [5, 5.41) is 0.592. The van der Waals surface area contributed by atoms with Crippen LogP contribution < -0.4 is 9.80 Å². The Morgan fingerprint density at radius 2 is 1.88 bits per heavy atom. The van der Waals surface area contributed by atoms with Crippen LogP contribution in [-0.2, 0) is 19.1 Å². The zero-order valence-electron chi connectivity index (χ0n) is 23.2. The maximum Gasteiger partial charge on any atom is 0.418 e. The van der Waals surface area contributed by atoms with Gasteiger partial charge in [0.05, 0.1) is 25.0 Å². The van der Waals surface area contributed by atoms with Crippen LogP contribution in [0, 0.1) is 0 Å². The number of rotatable bonds is 5. The Bertz CT molecular complexity index is 1480. The molecule has 0 saturated heterocycles. The van der Waals surface area contributed by atoms with E-state index in [2.05, 4.69) is 0 Å². The Hall–Kier alpha value is -4.30. The number of ether oxygens (including phenoxy) is 2. The SMILES string of the molecule is CCOC(=O)N1C=COC(C2=C(C(=O)N3c4ccccc4C(N(C(C)=O)c4ccc(Cl)cc4)CC3C)C=CCC2)=C1. The lowest BCUT2D eigenvalue weighted by molar-refractivity contribution is -0.117. The van der Waals surface area contributed by atoms with Crippen LogP contribution in [0.25, 0.3) is 0 Å². The highest BCUT2D eigenvalue weighted by Gasteiger charge is 2.39. The first-order valence-electron chi connectivity index (χ1n) is 13.7. The minimum atomic E-state index is -0.523. The smallest absolute Gasteiger partial charge is 0.418 e. The number of benzene rings is 2. The molecule has 2 aromatic carbocycles. The minimum absolute atomic E-state index is 0.0973.